The summed E-state index contributed by atoms with van der Waals surface area (Å²) in [6.45, 7) is 6.57. The molecule has 0 bridgehead atoms. The highest BCUT2D eigenvalue weighted by atomic mass is 31.1. The van der Waals surface area contributed by atoms with Gasteiger partial charge in [-0.15, -0.1) is 0 Å². The van der Waals surface area contributed by atoms with Gasteiger partial charge in [0.05, 0.1) is 6.10 Å². The van der Waals surface area contributed by atoms with Crippen LogP contribution in [0.5, 0.6) is 0 Å². The van der Waals surface area contributed by atoms with Crippen LogP contribution in [-0.4, -0.2) is 17.4 Å². The summed E-state index contributed by atoms with van der Waals surface area (Å²) in [6.07, 6.45) is 0.322. The van der Waals surface area contributed by atoms with Crippen molar-refractivity contribution in [3.63, 3.8) is 0 Å². The molecular formula is C25H30NOP. The van der Waals surface area contributed by atoms with E-state index in [1.54, 1.807) is 0 Å². The molecule has 0 saturated heterocycles. The van der Waals surface area contributed by atoms with Crippen LogP contribution in [0.2, 0.25) is 0 Å². The molecule has 2 N–H and O–H groups in total. The van der Waals surface area contributed by atoms with Crippen molar-refractivity contribution in [1.82, 2.24) is 5.32 Å². The quantitative estimate of drug-likeness (QED) is 0.535. The van der Waals surface area contributed by atoms with E-state index in [4.69, 9.17) is 0 Å². The molecule has 0 heterocycles. The summed E-state index contributed by atoms with van der Waals surface area (Å²) in [5, 5.41) is 17.1. The second-order valence-corrected chi connectivity index (χ2v) is 9.65. The number of aliphatic hydroxyl groups excluding tert-OH is 1. The predicted octanol–water partition coefficient (Wildman–Crippen LogP) is 4.91. The van der Waals surface area contributed by atoms with E-state index in [0.29, 0.717) is 5.92 Å². The molecule has 1 unspecified atom stereocenters. The van der Waals surface area contributed by atoms with E-state index >= 15 is 0 Å². The molecular weight excluding hydrogens is 361 g/mol. The van der Waals surface area contributed by atoms with Crippen LogP contribution in [0.3, 0.4) is 0 Å². The van der Waals surface area contributed by atoms with Crippen LogP contribution in [0.1, 0.15) is 43.9 Å². The van der Waals surface area contributed by atoms with Crippen molar-refractivity contribution in [3.05, 3.63) is 96.1 Å². The molecule has 3 heteroatoms. The zero-order valence-corrected chi connectivity index (χ0v) is 17.8. The molecule has 0 aliphatic carbocycles. The Bertz CT molecular complexity index is 851. The number of aliphatic hydroxyl groups is 1. The summed E-state index contributed by atoms with van der Waals surface area (Å²) >= 11 is 0. The van der Waals surface area contributed by atoms with Crippen molar-refractivity contribution in [3.8, 4) is 0 Å². The van der Waals surface area contributed by atoms with Crippen molar-refractivity contribution in [2.45, 2.75) is 38.8 Å². The largest absolute Gasteiger partial charge is 0.387 e. The first-order chi connectivity index (χ1) is 13.6. The predicted molar refractivity (Wildman–Crippen MR) is 122 cm³/mol. The monoisotopic (exact) mass is 391 g/mol. The first-order valence-corrected chi connectivity index (χ1v) is 11.5. The Balaban J connectivity index is 1.83. The molecule has 3 atom stereocenters. The molecule has 0 spiro atoms. The van der Waals surface area contributed by atoms with Crippen molar-refractivity contribution >= 4 is 18.5 Å². The lowest BCUT2D eigenvalue weighted by Crippen LogP contribution is -2.35. The van der Waals surface area contributed by atoms with Crippen LogP contribution in [0.4, 0.5) is 0 Å². The van der Waals surface area contributed by atoms with Gasteiger partial charge in [-0.2, -0.15) is 0 Å². The third kappa shape index (κ3) is 5.08. The molecule has 0 aliphatic rings. The fourth-order valence-electron chi connectivity index (χ4n) is 3.43. The minimum atomic E-state index is -0.553. The molecule has 0 aromatic heterocycles. The summed E-state index contributed by atoms with van der Waals surface area (Å²) in [6, 6.07) is 29.4. The second kappa shape index (κ2) is 9.98. The molecule has 0 amide bonds. The van der Waals surface area contributed by atoms with Gasteiger partial charge in [-0.1, -0.05) is 98.8 Å². The molecule has 0 aliphatic heterocycles. The third-order valence-electron chi connectivity index (χ3n) is 5.10. The fraction of sp³-hybridized carbons (Fsp3) is 0.280. The van der Waals surface area contributed by atoms with Gasteiger partial charge in [0.2, 0.25) is 0 Å². The molecule has 146 valence electrons. The Labute approximate surface area is 170 Å². The number of benzene rings is 3. The number of hydrogen-bond donors (Lipinski definition) is 2. The molecule has 0 radical (unpaired) electrons. The molecule has 2 nitrogen and oxygen atoms in total. The lowest BCUT2D eigenvalue weighted by Gasteiger charge is -2.27. The van der Waals surface area contributed by atoms with Gasteiger partial charge < -0.3 is 10.4 Å². The van der Waals surface area contributed by atoms with Crippen molar-refractivity contribution in [2.24, 2.45) is 0 Å². The standard InChI is InChI=1S/C25H30NOP/c1-19(2)23-16-10-11-17-24(23)28(22-14-8-5-9-15-22)18-26-20(3)25(27)21-12-6-4-7-13-21/h4-17,19-20,25-27H,18H2,1-3H3/t20-,25-,28?/m0/s1. The van der Waals surface area contributed by atoms with Crippen LogP contribution in [0.25, 0.3) is 0 Å². The minimum Gasteiger partial charge on any atom is -0.387 e. The average Bonchev–Trinajstić information content (AvgIpc) is 2.75. The Hall–Kier alpha value is -1.99. The molecule has 3 rings (SSSR count). The van der Waals surface area contributed by atoms with Gasteiger partial charge in [0, 0.05) is 12.3 Å². The third-order valence-corrected chi connectivity index (χ3v) is 7.51. The molecule has 0 fully saturated rings. The van der Waals surface area contributed by atoms with Crippen LogP contribution in [0, 0.1) is 0 Å². The number of rotatable bonds is 8. The van der Waals surface area contributed by atoms with E-state index < -0.39 is 14.0 Å². The van der Waals surface area contributed by atoms with E-state index in [1.165, 1.54) is 16.2 Å². The highest BCUT2D eigenvalue weighted by Crippen LogP contribution is 2.35. The second-order valence-electron chi connectivity index (χ2n) is 7.48. The van der Waals surface area contributed by atoms with Gasteiger partial charge in [0.1, 0.15) is 0 Å². The first-order valence-electron chi connectivity index (χ1n) is 9.96. The van der Waals surface area contributed by atoms with Crippen LogP contribution >= 0.6 is 7.92 Å². The van der Waals surface area contributed by atoms with Crippen LogP contribution < -0.4 is 15.9 Å². The molecule has 0 saturated carbocycles. The number of nitrogens with one attached hydrogen (secondary N) is 1. The Morgan fingerprint density at radius 1 is 0.786 bits per heavy atom. The summed E-state index contributed by atoms with van der Waals surface area (Å²) < 4.78 is 0. The van der Waals surface area contributed by atoms with E-state index in [1.807, 2.05) is 30.3 Å². The van der Waals surface area contributed by atoms with Crippen LogP contribution in [0.15, 0.2) is 84.9 Å². The van der Waals surface area contributed by atoms with Crippen molar-refractivity contribution in [1.29, 1.82) is 0 Å². The molecule has 28 heavy (non-hydrogen) atoms. The van der Waals surface area contributed by atoms with Gasteiger partial charge >= 0.3 is 0 Å². The zero-order valence-electron chi connectivity index (χ0n) is 16.9. The Kier molecular flexibility index (Phi) is 7.39. The smallest absolute Gasteiger partial charge is 0.0940 e. The normalized spacial score (nSPS) is 14.6. The molecule has 3 aromatic rings. The van der Waals surface area contributed by atoms with E-state index in [-0.39, 0.29) is 6.04 Å². The van der Waals surface area contributed by atoms with Crippen LogP contribution in [-0.2, 0) is 0 Å². The van der Waals surface area contributed by atoms with Gasteiger partial charge in [0.15, 0.2) is 0 Å². The Morgan fingerprint density at radius 2 is 1.36 bits per heavy atom. The zero-order chi connectivity index (χ0) is 19.9. The summed E-state index contributed by atoms with van der Waals surface area (Å²) in [7, 11) is -0.553. The topological polar surface area (TPSA) is 32.3 Å². The van der Waals surface area contributed by atoms with E-state index in [9.17, 15) is 5.11 Å². The van der Waals surface area contributed by atoms with Gasteiger partial charge in [-0.25, -0.2) is 0 Å². The van der Waals surface area contributed by atoms with E-state index in [0.717, 1.165) is 11.8 Å². The lowest BCUT2D eigenvalue weighted by atomic mass is 10.0. The SMILES string of the molecule is CC(C)c1ccccc1P(CN[C@@H](C)[C@H](O)c1ccccc1)c1ccccc1. The summed E-state index contributed by atoms with van der Waals surface area (Å²) in [5.41, 5.74) is 2.37. The lowest BCUT2D eigenvalue weighted by molar-refractivity contribution is 0.139. The van der Waals surface area contributed by atoms with Crippen molar-refractivity contribution < 1.29 is 5.11 Å². The van der Waals surface area contributed by atoms with Gasteiger partial charge in [-0.3, -0.25) is 0 Å². The van der Waals surface area contributed by atoms with Crippen molar-refractivity contribution in [2.75, 3.05) is 6.29 Å². The number of hydrogen-bond acceptors (Lipinski definition) is 2. The maximum Gasteiger partial charge on any atom is 0.0940 e. The Morgan fingerprint density at radius 3 is 2.00 bits per heavy atom. The summed E-state index contributed by atoms with van der Waals surface area (Å²) in [4.78, 5) is 0. The maximum atomic E-state index is 10.7. The summed E-state index contributed by atoms with van der Waals surface area (Å²) in [5.74, 6) is 0.484. The van der Waals surface area contributed by atoms with Gasteiger partial charge in [0.25, 0.3) is 0 Å². The maximum absolute atomic E-state index is 10.7. The first kappa shape index (κ1) is 20.7. The average molecular weight is 391 g/mol. The highest BCUT2D eigenvalue weighted by molar-refractivity contribution is 7.73. The minimum absolute atomic E-state index is 0.0256. The molecule has 3 aromatic carbocycles. The van der Waals surface area contributed by atoms with Gasteiger partial charge in [-0.05, 0) is 42.5 Å². The highest BCUT2D eigenvalue weighted by Gasteiger charge is 2.21. The van der Waals surface area contributed by atoms with E-state index in [2.05, 4.69) is 80.7 Å². The fourth-order valence-corrected chi connectivity index (χ4v) is 5.97.